The average molecular weight is 361 g/mol. The van der Waals surface area contributed by atoms with E-state index in [2.05, 4.69) is 36.1 Å². The van der Waals surface area contributed by atoms with Crippen molar-refractivity contribution in [2.24, 2.45) is 13.0 Å². The number of piperidine rings is 1. The zero-order chi connectivity index (χ0) is 18.7. The van der Waals surface area contributed by atoms with E-state index in [9.17, 15) is 5.11 Å². The van der Waals surface area contributed by atoms with Crippen molar-refractivity contribution in [3.8, 4) is 0 Å². The van der Waals surface area contributed by atoms with E-state index < -0.39 is 0 Å². The second kappa shape index (κ2) is 7.88. The Morgan fingerprint density at radius 2 is 2.12 bits per heavy atom. The van der Waals surface area contributed by atoms with Gasteiger partial charge in [0.15, 0.2) is 5.65 Å². The SMILES string of the molecule is Cn1ncc2c(NCCCN3CCC[C@H](CO)C3)nc(C(C)(C)C)nc21. The monoisotopic (exact) mass is 360 g/mol. The number of anilines is 1. The molecule has 3 heterocycles. The zero-order valence-electron chi connectivity index (χ0n) is 16.5. The molecule has 0 aliphatic carbocycles. The quantitative estimate of drug-likeness (QED) is 0.769. The van der Waals surface area contributed by atoms with Crippen LogP contribution in [-0.4, -0.2) is 62.5 Å². The van der Waals surface area contributed by atoms with Gasteiger partial charge in [-0.3, -0.25) is 4.68 Å². The number of aromatic nitrogens is 4. The molecule has 0 saturated carbocycles. The summed E-state index contributed by atoms with van der Waals surface area (Å²) >= 11 is 0. The van der Waals surface area contributed by atoms with Crippen molar-refractivity contribution in [1.29, 1.82) is 0 Å². The summed E-state index contributed by atoms with van der Waals surface area (Å²) in [6.45, 7) is 10.8. The molecular weight excluding hydrogens is 328 g/mol. The number of aliphatic hydroxyl groups excluding tert-OH is 1. The van der Waals surface area contributed by atoms with Crippen molar-refractivity contribution in [1.82, 2.24) is 24.6 Å². The lowest BCUT2D eigenvalue weighted by atomic mass is 9.95. The van der Waals surface area contributed by atoms with Crippen molar-refractivity contribution in [2.45, 2.75) is 45.4 Å². The van der Waals surface area contributed by atoms with Crippen LogP contribution in [0.15, 0.2) is 6.20 Å². The van der Waals surface area contributed by atoms with Gasteiger partial charge in [0.1, 0.15) is 11.6 Å². The highest BCUT2D eigenvalue weighted by Gasteiger charge is 2.21. The van der Waals surface area contributed by atoms with Crippen molar-refractivity contribution < 1.29 is 5.11 Å². The molecule has 2 aromatic heterocycles. The Balaban J connectivity index is 1.63. The molecule has 0 amide bonds. The van der Waals surface area contributed by atoms with Gasteiger partial charge < -0.3 is 15.3 Å². The van der Waals surface area contributed by atoms with E-state index in [0.29, 0.717) is 12.5 Å². The fourth-order valence-corrected chi connectivity index (χ4v) is 3.51. The Hall–Kier alpha value is -1.73. The van der Waals surface area contributed by atoms with Gasteiger partial charge in [-0.25, -0.2) is 9.97 Å². The number of likely N-dealkylation sites (tertiary alicyclic amines) is 1. The van der Waals surface area contributed by atoms with E-state index in [1.807, 2.05) is 13.2 Å². The molecule has 0 unspecified atom stereocenters. The first-order chi connectivity index (χ1) is 12.4. The maximum Gasteiger partial charge on any atom is 0.163 e. The van der Waals surface area contributed by atoms with Crippen LogP contribution in [-0.2, 0) is 12.5 Å². The Bertz CT molecular complexity index is 735. The molecule has 0 bridgehead atoms. The van der Waals surface area contributed by atoms with Gasteiger partial charge in [-0.15, -0.1) is 0 Å². The van der Waals surface area contributed by atoms with Crippen LogP contribution in [0.1, 0.15) is 45.9 Å². The summed E-state index contributed by atoms with van der Waals surface area (Å²) in [5.41, 5.74) is 0.761. The normalized spacial score (nSPS) is 19.2. The molecule has 0 aromatic carbocycles. The predicted octanol–water partition coefficient (Wildman–Crippen LogP) is 2.17. The maximum atomic E-state index is 9.36. The molecule has 144 valence electrons. The zero-order valence-corrected chi connectivity index (χ0v) is 16.5. The molecule has 1 atom stereocenters. The number of aryl methyl sites for hydroxylation is 1. The number of nitrogens with one attached hydrogen (secondary N) is 1. The number of fused-ring (bicyclic) bond motifs is 1. The van der Waals surface area contributed by atoms with E-state index >= 15 is 0 Å². The lowest BCUT2D eigenvalue weighted by Gasteiger charge is -2.31. The van der Waals surface area contributed by atoms with Gasteiger partial charge in [0.2, 0.25) is 0 Å². The number of hydrogen-bond donors (Lipinski definition) is 2. The molecule has 1 aliphatic rings. The summed E-state index contributed by atoms with van der Waals surface area (Å²) in [6, 6.07) is 0. The minimum atomic E-state index is -0.109. The van der Waals surface area contributed by atoms with E-state index in [4.69, 9.17) is 9.97 Å². The fourth-order valence-electron chi connectivity index (χ4n) is 3.51. The number of hydrogen-bond acceptors (Lipinski definition) is 6. The van der Waals surface area contributed by atoms with E-state index in [1.54, 1.807) is 4.68 Å². The first-order valence-corrected chi connectivity index (χ1v) is 9.66. The fraction of sp³-hybridized carbons (Fsp3) is 0.737. The molecule has 7 heteroatoms. The topological polar surface area (TPSA) is 79.1 Å². The smallest absolute Gasteiger partial charge is 0.163 e. The summed E-state index contributed by atoms with van der Waals surface area (Å²) in [5, 5.41) is 18.2. The second-order valence-corrected chi connectivity index (χ2v) is 8.42. The summed E-state index contributed by atoms with van der Waals surface area (Å²) in [6.07, 6.45) is 5.23. The van der Waals surface area contributed by atoms with E-state index in [-0.39, 0.29) is 5.41 Å². The summed E-state index contributed by atoms with van der Waals surface area (Å²) in [7, 11) is 1.92. The first-order valence-electron chi connectivity index (χ1n) is 9.66. The predicted molar refractivity (Wildman–Crippen MR) is 104 cm³/mol. The van der Waals surface area contributed by atoms with Gasteiger partial charge in [0.25, 0.3) is 0 Å². The van der Waals surface area contributed by atoms with Crippen LogP contribution in [0.3, 0.4) is 0 Å². The van der Waals surface area contributed by atoms with Crippen molar-refractivity contribution in [2.75, 3.05) is 38.1 Å². The molecule has 1 aliphatic heterocycles. The van der Waals surface area contributed by atoms with Gasteiger partial charge in [-0.1, -0.05) is 20.8 Å². The van der Waals surface area contributed by atoms with Crippen LogP contribution in [0.4, 0.5) is 5.82 Å². The number of nitrogens with zero attached hydrogens (tertiary/aromatic N) is 5. The Morgan fingerprint density at radius 1 is 1.31 bits per heavy atom. The molecule has 2 N–H and O–H groups in total. The van der Waals surface area contributed by atoms with Crippen LogP contribution in [0.2, 0.25) is 0 Å². The van der Waals surface area contributed by atoms with Crippen molar-refractivity contribution in [3.63, 3.8) is 0 Å². The number of rotatable bonds is 6. The molecule has 1 fully saturated rings. The molecule has 3 rings (SSSR count). The lowest BCUT2D eigenvalue weighted by Crippen LogP contribution is -2.37. The molecule has 7 nitrogen and oxygen atoms in total. The third kappa shape index (κ3) is 4.32. The Morgan fingerprint density at radius 3 is 2.85 bits per heavy atom. The van der Waals surface area contributed by atoms with Gasteiger partial charge in [0, 0.05) is 32.2 Å². The van der Waals surface area contributed by atoms with Gasteiger partial charge >= 0.3 is 0 Å². The molecule has 0 spiro atoms. The van der Waals surface area contributed by atoms with Crippen LogP contribution in [0, 0.1) is 5.92 Å². The standard InChI is InChI=1S/C19H32N6O/c1-19(2,3)18-22-16(15-11-21-24(4)17(15)23-18)20-8-6-10-25-9-5-7-14(12-25)13-26/h11,14,26H,5-10,12-13H2,1-4H3,(H,20,22,23)/t14-/m0/s1. The van der Waals surface area contributed by atoms with Crippen molar-refractivity contribution in [3.05, 3.63) is 12.0 Å². The molecular formula is C19H32N6O. The summed E-state index contributed by atoms with van der Waals surface area (Å²) in [5.74, 6) is 2.15. The highest BCUT2D eigenvalue weighted by Crippen LogP contribution is 2.25. The lowest BCUT2D eigenvalue weighted by molar-refractivity contribution is 0.120. The van der Waals surface area contributed by atoms with Crippen molar-refractivity contribution >= 4 is 16.9 Å². The molecule has 26 heavy (non-hydrogen) atoms. The molecule has 1 saturated heterocycles. The molecule has 2 aromatic rings. The first kappa shape index (κ1) is 19.0. The minimum Gasteiger partial charge on any atom is -0.396 e. The highest BCUT2D eigenvalue weighted by molar-refractivity contribution is 5.86. The summed E-state index contributed by atoms with van der Waals surface area (Å²) in [4.78, 5) is 11.9. The largest absolute Gasteiger partial charge is 0.396 e. The molecule has 0 radical (unpaired) electrons. The third-order valence-electron chi connectivity index (χ3n) is 5.07. The van der Waals surface area contributed by atoms with Crippen LogP contribution in [0.5, 0.6) is 0 Å². The van der Waals surface area contributed by atoms with Crippen LogP contribution < -0.4 is 5.32 Å². The van der Waals surface area contributed by atoms with Gasteiger partial charge in [-0.2, -0.15) is 5.10 Å². The highest BCUT2D eigenvalue weighted by atomic mass is 16.3. The number of aliphatic hydroxyl groups is 1. The van der Waals surface area contributed by atoms with Crippen LogP contribution >= 0.6 is 0 Å². The summed E-state index contributed by atoms with van der Waals surface area (Å²) < 4.78 is 1.81. The third-order valence-corrected chi connectivity index (χ3v) is 5.07. The van der Waals surface area contributed by atoms with E-state index in [0.717, 1.165) is 61.7 Å². The minimum absolute atomic E-state index is 0.109. The second-order valence-electron chi connectivity index (χ2n) is 8.42. The van der Waals surface area contributed by atoms with E-state index in [1.165, 1.54) is 6.42 Å². The van der Waals surface area contributed by atoms with Gasteiger partial charge in [0.05, 0.1) is 11.6 Å². The average Bonchev–Trinajstić information content (AvgIpc) is 2.99. The Kier molecular flexibility index (Phi) is 5.77. The van der Waals surface area contributed by atoms with Crippen LogP contribution in [0.25, 0.3) is 11.0 Å². The van der Waals surface area contributed by atoms with Gasteiger partial charge in [-0.05, 0) is 38.3 Å². The maximum absolute atomic E-state index is 9.36. The Labute approximate surface area is 155 Å².